The summed E-state index contributed by atoms with van der Waals surface area (Å²) in [6, 6.07) is 8.38. The van der Waals surface area contributed by atoms with Crippen LogP contribution in [0.5, 0.6) is 11.5 Å². The fourth-order valence-corrected chi connectivity index (χ4v) is 8.20. The van der Waals surface area contributed by atoms with Gasteiger partial charge in [0.2, 0.25) is 5.36 Å². The number of nitrogens with zero attached hydrogens (tertiary/aromatic N) is 2. The molecule has 0 saturated carbocycles. The molecule has 3 aromatic rings. The topological polar surface area (TPSA) is 144 Å². The van der Waals surface area contributed by atoms with E-state index in [1.54, 1.807) is 18.2 Å². The highest BCUT2D eigenvalue weighted by Gasteiger charge is 2.38. The van der Waals surface area contributed by atoms with Crippen LogP contribution in [0.3, 0.4) is 0 Å². The maximum atomic E-state index is 12.9. The number of carbonyl (C=O) groups is 2. The number of likely N-dealkylation sites (N-methyl/N-ethyl adjacent to an activating group) is 2. The summed E-state index contributed by atoms with van der Waals surface area (Å²) in [4.78, 5) is 27.0. The van der Waals surface area contributed by atoms with Crippen molar-refractivity contribution in [1.82, 2.24) is 4.58 Å². The summed E-state index contributed by atoms with van der Waals surface area (Å²) in [5, 5.41) is 21.1. The molecule has 0 atom stereocenters. The second kappa shape index (κ2) is 11.4. The first-order chi connectivity index (χ1) is 22.7. The molecule has 3 aliphatic rings. The molecule has 6 rings (SSSR count). The molecule has 0 spiro atoms. The number of fused-ring (bicyclic) bond motifs is 4. The number of halogens is 2. The summed E-state index contributed by atoms with van der Waals surface area (Å²) in [6.45, 7) is 10.1. The van der Waals surface area contributed by atoms with Gasteiger partial charge in [-0.05, 0) is 55.7 Å². The molecule has 3 heterocycles. The van der Waals surface area contributed by atoms with Crippen LogP contribution in [0.25, 0.3) is 16.7 Å². The second-order valence-corrected chi connectivity index (χ2v) is 15.9. The van der Waals surface area contributed by atoms with Crippen molar-refractivity contribution in [3.63, 3.8) is 0 Å². The molecule has 13 heteroatoms. The molecule has 0 amide bonds. The van der Waals surface area contributed by atoms with Crippen molar-refractivity contribution in [2.75, 3.05) is 24.7 Å². The fourth-order valence-electron chi connectivity index (χ4n) is 6.96. The Kier molecular flexibility index (Phi) is 8.10. The van der Waals surface area contributed by atoms with Crippen molar-refractivity contribution in [3.8, 4) is 11.5 Å². The first-order valence-corrected chi connectivity index (χ1v) is 17.8. The highest BCUT2D eigenvalue weighted by molar-refractivity contribution is 7.86. The average Bonchev–Trinajstić information content (AvgIpc) is 2.99. The average molecular weight is 727 g/mol. The molecule has 0 saturated heterocycles. The van der Waals surface area contributed by atoms with E-state index in [9.17, 15) is 32.8 Å². The van der Waals surface area contributed by atoms with Crippen molar-refractivity contribution in [3.05, 3.63) is 96.5 Å². The molecular formula is C36H35Cl2N2O8S+. The monoisotopic (exact) mass is 725 g/mol. The first-order valence-electron chi connectivity index (χ1n) is 15.4. The Morgan fingerprint density at radius 2 is 1.59 bits per heavy atom. The van der Waals surface area contributed by atoms with Gasteiger partial charge in [0.05, 0.1) is 32.8 Å². The van der Waals surface area contributed by atoms with Gasteiger partial charge < -0.3 is 19.8 Å². The van der Waals surface area contributed by atoms with Crippen LogP contribution in [-0.2, 0) is 10.1 Å². The molecule has 0 unspecified atom stereocenters. The van der Waals surface area contributed by atoms with Crippen LogP contribution in [0.15, 0.2) is 42.5 Å². The lowest BCUT2D eigenvalue weighted by Gasteiger charge is -2.41. The van der Waals surface area contributed by atoms with Crippen molar-refractivity contribution < 1.29 is 37.5 Å². The van der Waals surface area contributed by atoms with Gasteiger partial charge in [-0.1, -0.05) is 36.2 Å². The summed E-state index contributed by atoms with van der Waals surface area (Å²) >= 11 is 13.4. The zero-order valence-electron chi connectivity index (χ0n) is 27.9. The number of carboxylic acid groups (broad SMARTS) is 2. The maximum absolute atomic E-state index is 12.9. The van der Waals surface area contributed by atoms with Gasteiger partial charge in [-0.3, -0.25) is 4.55 Å². The fraction of sp³-hybridized carbons (Fsp3) is 0.306. The summed E-state index contributed by atoms with van der Waals surface area (Å²) in [6.07, 6.45) is 4.64. The van der Waals surface area contributed by atoms with Gasteiger partial charge in [-0.2, -0.15) is 8.42 Å². The molecule has 0 aromatic heterocycles. The predicted molar refractivity (Wildman–Crippen MR) is 191 cm³/mol. The van der Waals surface area contributed by atoms with Crippen LogP contribution in [0.2, 0.25) is 10.0 Å². The molecule has 3 aliphatic heterocycles. The van der Waals surface area contributed by atoms with Gasteiger partial charge in [0.25, 0.3) is 10.1 Å². The Morgan fingerprint density at radius 1 is 0.918 bits per heavy atom. The van der Waals surface area contributed by atoms with Crippen molar-refractivity contribution in [1.29, 1.82) is 0 Å². The molecule has 0 aliphatic carbocycles. The minimum absolute atomic E-state index is 0.0220. The number of carboxylic acids is 2. The minimum Gasteiger partial charge on any atom is -0.478 e. The first kappa shape index (κ1) is 34.7. The Morgan fingerprint density at radius 3 is 2.18 bits per heavy atom. The van der Waals surface area contributed by atoms with Crippen LogP contribution in [0, 0.1) is 0 Å². The van der Waals surface area contributed by atoms with E-state index in [4.69, 9.17) is 27.9 Å². The predicted octanol–water partition coefficient (Wildman–Crippen LogP) is 5.95. The van der Waals surface area contributed by atoms with Gasteiger partial charge in [-0.15, -0.1) is 0 Å². The standard InChI is InChI=1S/C36H34Cl2N2O8S/c1-8-17-14-35(2,3)39(6)25-12-27-21(9-19(17)25)29(30-24(37)11-23(33(41)42)32(38)31(30)34(43)44)22-10-20-18(16-49(45,46)47)15-36(4,5)40(7)26(20)13-28(22)48-27/h9-15H,8,16H2,1-7H3,(H2-,41,42,43,44,45,46,47)/p+1. The largest absolute Gasteiger partial charge is 0.478 e. The third-order valence-corrected chi connectivity index (χ3v) is 11.1. The van der Waals surface area contributed by atoms with Gasteiger partial charge in [0.1, 0.15) is 24.3 Å². The number of ether oxygens (including phenoxy) is 1. The Balaban J connectivity index is 1.83. The quantitative estimate of drug-likeness (QED) is 0.162. The number of hydrogen-bond acceptors (Lipinski definition) is 6. The summed E-state index contributed by atoms with van der Waals surface area (Å²) in [7, 11) is -0.622. The summed E-state index contributed by atoms with van der Waals surface area (Å²) < 4.78 is 43.1. The van der Waals surface area contributed by atoms with E-state index < -0.39 is 49.5 Å². The molecule has 10 nitrogen and oxygen atoms in total. The third kappa shape index (κ3) is 5.62. The minimum atomic E-state index is -4.45. The molecule has 0 bridgehead atoms. The summed E-state index contributed by atoms with van der Waals surface area (Å²) in [5.74, 6) is -2.88. The van der Waals surface area contributed by atoms with Gasteiger partial charge in [-0.25, -0.2) is 14.2 Å². The van der Waals surface area contributed by atoms with E-state index >= 15 is 0 Å². The Labute approximate surface area is 293 Å². The lowest BCUT2D eigenvalue weighted by Crippen LogP contribution is -2.47. The number of allylic oxidation sites excluding steroid dienone is 1. The molecule has 49 heavy (non-hydrogen) atoms. The second-order valence-electron chi connectivity index (χ2n) is 13.6. The highest BCUT2D eigenvalue weighted by Crippen LogP contribution is 2.48. The zero-order valence-corrected chi connectivity index (χ0v) is 30.2. The van der Waals surface area contributed by atoms with Crippen molar-refractivity contribution in [2.45, 2.75) is 52.1 Å². The molecular weight excluding hydrogens is 691 g/mol. The molecule has 0 fully saturated rings. The smallest absolute Gasteiger partial charge is 0.337 e. The molecule has 3 N–H and O–H groups in total. The zero-order chi connectivity index (χ0) is 36.1. The molecule has 3 aromatic carbocycles. The van der Waals surface area contributed by atoms with Crippen LogP contribution in [0.1, 0.15) is 84.0 Å². The Bertz CT molecular complexity index is 2360. The number of anilines is 1. The molecule has 256 valence electrons. The van der Waals surface area contributed by atoms with Gasteiger partial charge in [0.15, 0.2) is 5.54 Å². The van der Waals surface area contributed by atoms with Crippen LogP contribution < -0.4 is 24.8 Å². The van der Waals surface area contributed by atoms with Crippen LogP contribution in [-0.4, -0.2) is 66.0 Å². The SMILES string of the molecule is CCC1=CC(C)(C)[N+](C)=c2cc3c(cc21)=C(c1c(Cl)cc(C(=O)O)c(Cl)c1C(=O)O)c1cc2c(cc1O3)N(C)C(C)(C)C=C2CS(=O)(=O)O. The van der Waals surface area contributed by atoms with E-state index in [1.807, 2.05) is 51.9 Å². The number of aromatic carboxylic acids is 2. The van der Waals surface area contributed by atoms with Crippen molar-refractivity contribution in [2.24, 2.45) is 0 Å². The van der Waals surface area contributed by atoms with E-state index in [-0.39, 0.29) is 16.1 Å². The summed E-state index contributed by atoms with van der Waals surface area (Å²) in [5.41, 5.74) is 2.07. The van der Waals surface area contributed by atoms with E-state index in [2.05, 4.69) is 24.5 Å². The lowest BCUT2D eigenvalue weighted by atomic mass is 9.83. The van der Waals surface area contributed by atoms with E-state index in [1.165, 1.54) is 0 Å². The normalized spacial score (nSPS) is 17.2. The van der Waals surface area contributed by atoms with Crippen LogP contribution in [0.4, 0.5) is 5.69 Å². The van der Waals surface area contributed by atoms with E-state index in [0.29, 0.717) is 51.1 Å². The maximum Gasteiger partial charge on any atom is 0.337 e. The number of rotatable bonds is 6. The molecule has 0 radical (unpaired) electrons. The van der Waals surface area contributed by atoms with E-state index in [0.717, 1.165) is 22.6 Å². The van der Waals surface area contributed by atoms with Crippen LogP contribution >= 0.6 is 23.2 Å². The third-order valence-electron chi connectivity index (χ3n) is 9.78. The Hall–Kier alpha value is -4.16. The highest BCUT2D eigenvalue weighted by atomic mass is 35.5. The van der Waals surface area contributed by atoms with Gasteiger partial charge >= 0.3 is 11.9 Å². The van der Waals surface area contributed by atoms with Crippen molar-refractivity contribution >= 4 is 67.7 Å². The number of hydrogen-bond donors (Lipinski definition) is 3. The number of benzene rings is 3. The lowest BCUT2D eigenvalue weighted by molar-refractivity contribution is 0.0695. The van der Waals surface area contributed by atoms with Gasteiger partial charge in [0, 0.05) is 65.7 Å².